The molecule has 2 heterocycles. The van der Waals surface area contributed by atoms with Crippen LogP contribution in [-0.2, 0) is 29.1 Å². The molecule has 2 aliphatic heterocycles. The van der Waals surface area contributed by atoms with Gasteiger partial charge in [0.15, 0.2) is 0 Å². The second kappa shape index (κ2) is 13.1. The minimum atomic E-state index is -3.73. The van der Waals surface area contributed by atoms with Crippen LogP contribution in [0.15, 0.2) is 69.7 Å². The summed E-state index contributed by atoms with van der Waals surface area (Å²) >= 11 is 6.12. The summed E-state index contributed by atoms with van der Waals surface area (Å²) in [6.45, 7) is 5.32. The van der Waals surface area contributed by atoms with Crippen molar-refractivity contribution in [2.45, 2.75) is 24.7 Å². The van der Waals surface area contributed by atoms with Crippen molar-refractivity contribution in [3.8, 4) is 0 Å². The lowest BCUT2D eigenvalue weighted by Gasteiger charge is -2.32. The number of nitro groups is 1. The van der Waals surface area contributed by atoms with E-state index in [9.17, 15) is 28.1 Å². The number of aliphatic imine (C=N–C) groups is 1. The molecule has 1 unspecified atom stereocenters. The molecule has 2 atom stereocenters. The van der Waals surface area contributed by atoms with Gasteiger partial charge in [0.25, 0.3) is 5.69 Å². The topological polar surface area (TPSA) is 150 Å². The van der Waals surface area contributed by atoms with Gasteiger partial charge in [-0.05, 0) is 31.5 Å². The van der Waals surface area contributed by atoms with Gasteiger partial charge in [0.2, 0.25) is 10.0 Å². The molecule has 12 nitrogen and oxygen atoms in total. The van der Waals surface area contributed by atoms with E-state index in [1.165, 1.54) is 41.7 Å². The van der Waals surface area contributed by atoms with Crippen LogP contribution in [0, 0.1) is 16.0 Å². The van der Waals surface area contributed by atoms with E-state index in [1.54, 1.807) is 32.0 Å². The standard InChI is InChI=1S/C28H31ClN4O8S/c1-18-24(27(34)40-3)26(20-7-6-8-21(17-20)33(36)37)25(19(2)30-18)28(35)41-16-15-31-11-13-32(14-12-31)42(38,39)23-10-5-4-9-22(23)29/h4-10,17,24,26H,11-16H2,1-3H3/p+1/t24?,26-/m1/s1. The van der Waals surface area contributed by atoms with E-state index < -0.39 is 38.7 Å². The van der Waals surface area contributed by atoms with Crippen LogP contribution in [0.2, 0.25) is 5.02 Å². The fourth-order valence-electron chi connectivity index (χ4n) is 5.38. The first-order valence-corrected chi connectivity index (χ1v) is 15.1. The molecule has 1 fully saturated rings. The van der Waals surface area contributed by atoms with E-state index in [4.69, 9.17) is 21.1 Å². The summed E-state index contributed by atoms with van der Waals surface area (Å²) in [7, 11) is -2.50. The van der Waals surface area contributed by atoms with Gasteiger partial charge in [-0.1, -0.05) is 35.9 Å². The number of quaternary nitrogens is 1. The van der Waals surface area contributed by atoms with Gasteiger partial charge in [0.05, 0.1) is 48.8 Å². The van der Waals surface area contributed by atoms with Crippen molar-refractivity contribution >= 4 is 45.0 Å². The molecule has 1 saturated heterocycles. The summed E-state index contributed by atoms with van der Waals surface area (Å²) in [5.41, 5.74) is 1.10. The maximum absolute atomic E-state index is 13.4. The van der Waals surface area contributed by atoms with E-state index in [1.807, 2.05) is 0 Å². The molecule has 14 heteroatoms. The smallest absolute Gasteiger partial charge is 0.336 e. The van der Waals surface area contributed by atoms with Crippen molar-refractivity contribution in [1.29, 1.82) is 0 Å². The Kier molecular flexibility index (Phi) is 9.77. The van der Waals surface area contributed by atoms with Crippen LogP contribution in [0.1, 0.15) is 25.3 Å². The summed E-state index contributed by atoms with van der Waals surface area (Å²) in [4.78, 5) is 42.7. The molecule has 2 aromatic rings. The maximum atomic E-state index is 13.4. The molecule has 4 rings (SSSR count). The first kappa shape index (κ1) is 31.3. The quantitative estimate of drug-likeness (QED) is 0.254. The number of rotatable bonds is 9. The third-order valence-electron chi connectivity index (χ3n) is 7.52. The number of nitro benzene ring substituents is 1. The molecule has 0 radical (unpaired) electrons. The van der Waals surface area contributed by atoms with Gasteiger partial charge >= 0.3 is 11.9 Å². The largest absolute Gasteiger partial charge is 0.468 e. The lowest BCUT2D eigenvalue weighted by atomic mass is 9.75. The Morgan fingerprint density at radius 2 is 1.83 bits per heavy atom. The van der Waals surface area contributed by atoms with Crippen LogP contribution in [0.25, 0.3) is 0 Å². The minimum absolute atomic E-state index is 0.0372. The number of carbonyl (C=O) groups is 2. The molecule has 0 spiro atoms. The number of piperazine rings is 1. The number of benzene rings is 2. The number of nitrogens with one attached hydrogen (secondary N) is 1. The van der Waals surface area contributed by atoms with Gasteiger partial charge in [0.1, 0.15) is 24.0 Å². The number of hydrogen-bond donors (Lipinski definition) is 1. The zero-order valence-electron chi connectivity index (χ0n) is 23.4. The second-order valence-corrected chi connectivity index (χ2v) is 12.4. The monoisotopic (exact) mass is 619 g/mol. The Morgan fingerprint density at radius 1 is 1.14 bits per heavy atom. The molecule has 0 amide bonds. The summed E-state index contributed by atoms with van der Waals surface area (Å²) in [5.74, 6) is -3.18. The van der Waals surface area contributed by atoms with Crippen LogP contribution in [0.3, 0.4) is 0 Å². The van der Waals surface area contributed by atoms with Crippen molar-refractivity contribution in [3.05, 3.63) is 80.5 Å². The molecule has 1 N–H and O–H groups in total. The van der Waals surface area contributed by atoms with Gasteiger partial charge in [-0.2, -0.15) is 4.31 Å². The van der Waals surface area contributed by atoms with Gasteiger partial charge in [-0.3, -0.25) is 19.9 Å². The van der Waals surface area contributed by atoms with Crippen molar-refractivity contribution in [1.82, 2.24) is 4.31 Å². The molecule has 0 aromatic heterocycles. The molecule has 0 bridgehead atoms. The highest BCUT2D eigenvalue weighted by Crippen LogP contribution is 2.40. The Morgan fingerprint density at radius 3 is 2.48 bits per heavy atom. The molecule has 224 valence electrons. The average Bonchev–Trinajstić information content (AvgIpc) is 2.96. The van der Waals surface area contributed by atoms with E-state index in [0.717, 1.165) is 4.90 Å². The zero-order chi connectivity index (χ0) is 30.6. The normalized spacial score (nSPS) is 20.1. The lowest BCUT2D eigenvalue weighted by Crippen LogP contribution is -3.15. The zero-order valence-corrected chi connectivity index (χ0v) is 25.0. The Hall–Kier alpha value is -3.65. The van der Waals surface area contributed by atoms with Gasteiger partial charge in [0, 0.05) is 29.5 Å². The predicted octanol–water partition coefficient (Wildman–Crippen LogP) is 2.00. The van der Waals surface area contributed by atoms with Gasteiger partial charge in [-0.25, -0.2) is 13.2 Å². The summed E-state index contributed by atoms with van der Waals surface area (Å²) in [5, 5.41) is 11.6. The van der Waals surface area contributed by atoms with E-state index in [0.29, 0.717) is 36.6 Å². The molecule has 0 saturated carbocycles. The number of hydrogen-bond acceptors (Lipinski definition) is 9. The number of halogens is 1. The summed E-state index contributed by atoms with van der Waals surface area (Å²) in [6.07, 6.45) is 0. The fourth-order valence-corrected chi connectivity index (χ4v) is 7.31. The highest BCUT2D eigenvalue weighted by atomic mass is 35.5. The minimum Gasteiger partial charge on any atom is -0.468 e. The SMILES string of the molecule is COC(=O)C1C(C)=NC(C)=C(C(=O)OCC[NH+]2CCN(S(=O)(=O)c3ccccc3Cl)CC2)[C@@H]1c1cccc([N+](=O)[O-])c1. The molecule has 2 aliphatic rings. The first-order chi connectivity index (χ1) is 19.9. The van der Waals surface area contributed by atoms with Gasteiger partial charge in [-0.15, -0.1) is 0 Å². The molecule has 0 aliphatic carbocycles. The Labute approximate surface area is 248 Å². The first-order valence-electron chi connectivity index (χ1n) is 13.3. The maximum Gasteiger partial charge on any atom is 0.336 e. The number of allylic oxidation sites excluding steroid dienone is 1. The van der Waals surface area contributed by atoms with Gasteiger partial charge < -0.3 is 14.4 Å². The molecule has 42 heavy (non-hydrogen) atoms. The highest BCUT2D eigenvalue weighted by Gasteiger charge is 2.42. The molecular formula is C28H32ClN4O8S+. The van der Waals surface area contributed by atoms with Crippen LogP contribution in [0.5, 0.6) is 0 Å². The van der Waals surface area contributed by atoms with Crippen molar-refractivity contribution < 1.29 is 37.3 Å². The number of non-ortho nitro benzene ring substituents is 1. The third kappa shape index (κ3) is 6.54. The van der Waals surface area contributed by atoms with Crippen molar-refractivity contribution in [3.63, 3.8) is 0 Å². The number of esters is 2. The molecular weight excluding hydrogens is 588 g/mol. The second-order valence-electron chi connectivity index (χ2n) is 10.1. The van der Waals surface area contributed by atoms with Crippen LogP contribution in [-0.4, -0.2) is 81.7 Å². The van der Waals surface area contributed by atoms with E-state index in [-0.39, 0.29) is 40.9 Å². The van der Waals surface area contributed by atoms with E-state index in [2.05, 4.69) is 4.99 Å². The number of ether oxygens (including phenoxy) is 2. The van der Waals surface area contributed by atoms with Crippen LogP contribution in [0.4, 0.5) is 5.69 Å². The van der Waals surface area contributed by atoms with Crippen LogP contribution >= 0.6 is 11.6 Å². The Bertz CT molecular complexity index is 1550. The fraction of sp³-hybridized carbons (Fsp3) is 0.393. The van der Waals surface area contributed by atoms with Crippen LogP contribution < -0.4 is 4.90 Å². The lowest BCUT2D eigenvalue weighted by molar-refractivity contribution is -0.903. The van der Waals surface area contributed by atoms with Crippen molar-refractivity contribution in [2.24, 2.45) is 10.9 Å². The predicted molar refractivity (Wildman–Crippen MR) is 154 cm³/mol. The highest BCUT2D eigenvalue weighted by molar-refractivity contribution is 7.89. The molecule has 2 aromatic carbocycles. The third-order valence-corrected chi connectivity index (χ3v) is 9.91. The average molecular weight is 620 g/mol. The number of sulfonamides is 1. The Balaban J connectivity index is 1.45. The summed E-state index contributed by atoms with van der Waals surface area (Å²) in [6, 6.07) is 12.1. The number of nitrogens with zero attached hydrogens (tertiary/aromatic N) is 3. The van der Waals surface area contributed by atoms with Crippen molar-refractivity contribution in [2.75, 3.05) is 46.4 Å². The number of carbonyl (C=O) groups excluding carboxylic acids is 2. The summed E-state index contributed by atoms with van der Waals surface area (Å²) < 4.78 is 38.1. The van der Waals surface area contributed by atoms with E-state index >= 15 is 0 Å². The number of methoxy groups -OCH3 is 1.